The van der Waals surface area contributed by atoms with Gasteiger partial charge >= 0.3 is 0 Å². The zero-order valence-electron chi connectivity index (χ0n) is 11.8. The molecular formula is C17H16FNO2. The fraction of sp³-hybridized carbons (Fsp3) is 0.235. The van der Waals surface area contributed by atoms with Gasteiger partial charge in [-0.25, -0.2) is 4.39 Å². The van der Waals surface area contributed by atoms with Gasteiger partial charge in [-0.3, -0.25) is 4.79 Å². The Kier molecular flexibility index (Phi) is 3.60. The van der Waals surface area contributed by atoms with Crippen molar-refractivity contribution in [1.29, 1.82) is 0 Å². The Morgan fingerprint density at radius 3 is 2.86 bits per heavy atom. The monoisotopic (exact) mass is 285 g/mol. The van der Waals surface area contributed by atoms with Crippen molar-refractivity contribution in [3.63, 3.8) is 0 Å². The molecule has 1 N–H and O–H groups in total. The largest absolute Gasteiger partial charge is 0.497 e. The van der Waals surface area contributed by atoms with E-state index in [0.29, 0.717) is 11.3 Å². The van der Waals surface area contributed by atoms with Gasteiger partial charge < -0.3 is 10.1 Å². The Hall–Kier alpha value is -2.36. The first-order chi connectivity index (χ1) is 10.2. The van der Waals surface area contributed by atoms with Gasteiger partial charge in [0.05, 0.1) is 12.7 Å². The number of fused-ring (bicyclic) bond motifs is 1. The highest BCUT2D eigenvalue weighted by Crippen LogP contribution is 2.25. The Bertz CT molecular complexity index is 697. The minimum atomic E-state index is -0.560. The van der Waals surface area contributed by atoms with E-state index in [4.69, 9.17) is 4.74 Å². The summed E-state index contributed by atoms with van der Waals surface area (Å²) in [4.78, 5) is 12.5. The maximum Gasteiger partial charge on any atom is 0.195 e. The molecule has 0 atom stereocenters. The number of benzene rings is 2. The first-order valence-electron chi connectivity index (χ1n) is 6.94. The molecule has 0 saturated heterocycles. The topological polar surface area (TPSA) is 38.3 Å². The number of aryl methyl sites for hydroxylation is 1. The van der Waals surface area contributed by atoms with Gasteiger partial charge in [-0.1, -0.05) is 0 Å². The Morgan fingerprint density at radius 2 is 2.10 bits per heavy atom. The zero-order valence-corrected chi connectivity index (χ0v) is 11.8. The van der Waals surface area contributed by atoms with Crippen LogP contribution in [0.5, 0.6) is 5.75 Å². The molecule has 2 aromatic carbocycles. The lowest BCUT2D eigenvalue weighted by molar-refractivity contribution is 0.103. The predicted octanol–water partition coefficient (Wildman–Crippen LogP) is 3.42. The van der Waals surface area contributed by atoms with Crippen LogP contribution >= 0.6 is 0 Å². The van der Waals surface area contributed by atoms with E-state index in [2.05, 4.69) is 5.32 Å². The summed E-state index contributed by atoms with van der Waals surface area (Å²) in [5, 5.41) is 3.29. The molecule has 2 aromatic rings. The number of rotatable bonds is 3. The van der Waals surface area contributed by atoms with Gasteiger partial charge in [0.15, 0.2) is 5.78 Å². The number of ketones is 1. The highest BCUT2D eigenvalue weighted by atomic mass is 19.1. The third-order valence-corrected chi connectivity index (χ3v) is 3.73. The molecule has 0 fully saturated rings. The summed E-state index contributed by atoms with van der Waals surface area (Å²) in [5.41, 5.74) is 2.76. The number of carbonyl (C=O) groups is 1. The van der Waals surface area contributed by atoms with Crippen LogP contribution in [0.4, 0.5) is 10.1 Å². The summed E-state index contributed by atoms with van der Waals surface area (Å²) in [6.45, 7) is 0.952. The molecule has 4 heteroatoms. The van der Waals surface area contributed by atoms with Crippen molar-refractivity contribution >= 4 is 11.5 Å². The lowest BCUT2D eigenvalue weighted by Gasteiger charge is -2.18. The molecule has 0 spiro atoms. The van der Waals surface area contributed by atoms with Gasteiger partial charge in [0.25, 0.3) is 0 Å². The molecule has 1 aliphatic heterocycles. The summed E-state index contributed by atoms with van der Waals surface area (Å²) in [6.07, 6.45) is 1.98. The van der Waals surface area contributed by atoms with Crippen molar-refractivity contribution in [3.05, 3.63) is 58.9 Å². The first-order valence-corrected chi connectivity index (χ1v) is 6.94. The predicted molar refractivity (Wildman–Crippen MR) is 79.6 cm³/mol. The van der Waals surface area contributed by atoms with Crippen molar-refractivity contribution < 1.29 is 13.9 Å². The van der Waals surface area contributed by atoms with Gasteiger partial charge in [-0.2, -0.15) is 0 Å². The lowest BCUT2D eigenvalue weighted by atomic mass is 9.96. The van der Waals surface area contributed by atoms with Crippen LogP contribution in [0.3, 0.4) is 0 Å². The molecule has 108 valence electrons. The highest BCUT2D eigenvalue weighted by molar-refractivity contribution is 6.09. The second-order valence-corrected chi connectivity index (χ2v) is 5.08. The molecular weight excluding hydrogens is 269 g/mol. The number of hydrogen-bond acceptors (Lipinski definition) is 3. The number of halogens is 1. The molecule has 3 nitrogen and oxygen atoms in total. The average Bonchev–Trinajstić information content (AvgIpc) is 2.53. The Morgan fingerprint density at radius 1 is 1.24 bits per heavy atom. The van der Waals surface area contributed by atoms with E-state index in [1.165, 1.54) is 19.2 Å². The molecule has 0 radical (unpaired) electrons. The molecule has 1 aliphatic rings. The lowest BCUT2D eigenvalue weighted by Crippen LogP contribution is -2.13. The number of ether oxygens (including phenoxy) is 1. The number of carbonyl (C=O) groups excluding carboxylic acids is 1. The number of anilines is 1. The molecule has 0 aromatic heterocycles. The van der Waals surface area contributed by atoms with Crippen LogP contribution < -0.4 is 10.1 Å². The molecule has 0 bridgehead atoms. The zero-order chi connectivity index (χ0) is 14.8. The highest BCUT2D eigenvalue weighted by Gasteiger charge is 2.17. The van der Waals surface area contributed by atoms with Gasteiger partial charge in [0.2, 0.25) is 0 Å². The average molecular weight is 285 g/mol. The molecule has 0 unspecified atom stereocenters. The summed E-state index contributed by atoms with van der Waals surface area (Å²) >= 11 is 0. The summed E-state index contributed by atoms with van der Waals surface area (Å²) in [6, 6.07) is 9.78. The second-order valence-electron chi connectivity index (χ2n) is 5.08. The van der Waals surface area contributed by atoms with Crippen molar-refractivity contribution in [2.75, 3.05) is 19.0 Å². The molecule has 0 saturated carbocycles. The van der Waals surface area contributed by atoms with E-state index in [1.807, 2.05) is 12.1 Å². The second kappa shape index (κ2) is 5.56. The summed E-state index contributed by atoms with van der Waals surface area (Å²) in [5.74, 6) is -0.461. The normalized spacial score (nSPS) is 13.2. The van der Waals surface area contributed by atoms with Crippen LogP contribution in [0, 0.1) is 5.82 Å². The Labute approximate surface area is 122 Å². The molecule has 21 heavy (non-hydrogen) atoms. The fourth-order valence-corrected chi connectivity index (χ4v) is 2.58. The number of methoxy groups -OCH3 is 1. The van der Waals surface area contributed by atoms with Crippen LogP contribution in [-0.2, 0) is 6.42 Å². The molecule has 0 aliphatic carbocycles. The quantitative estimate of drug-likeness (QED) is 0.878. The van der Waals surface area contributed by atoms with Gasteiger partial charge in [-0.15, -0.1) is 0 Å². The van der Waals surface area contributed by atoms with Crippen LogP contribution in [0.2, 0.25) is 0 Å². The minimum absolute atomic E-state index is 0.0690. The van der Waals surface area contributed by atoms with E-state index in [-0.39, 0.29) is 11.3 Å². The van der Waals surface area contributed by atoms with Crippen molar-refractivity contribution in [1.82, 2.24) is 0 Å². The van der Waals surface area contributed by atoms with E-state index in [0.717, 1.165) is 30.6 Å². The Balaban J connectivity index is 1.95. The third-order valence-electron chi connectivity index (χ3n) is 3.73. The maximum atomic E-state index is 14.0. The van der Waals surface area contributed by atoms with Crippen LogP contribution in [0.1, 0.15) is 27.9 Å². The van der Waals surface area contributed by atoms with Crippen LogP contribution in [0.15, 0.2) is 36.4 Å². The van der Waals surface area contributed by atoms with Gasteiger partial charge in [-0.05, 0) is 48.7 Å². The third kappa shape index (κ3) is 2.61. The van der Waals surface area contributed by atoms with E-state index < -0.39 is 5.82 Å². The first kappa shape index (κ1) is 13.6. The molecule has 3 rings (SSSR count). The SMILES string of the molecule is COc1ccc(C(=O)c2ccc3c(c2)CCCN3)c(F)c1. The fourth-order valence-electron chi connectivity index (χ4n) is 2.58. The van der Waals surface area contributed by atoms with E-state index >= 15 is 0 Å². The van der Waals surface area contributed by atoms with Crippen LogP contribution in [-0.4, -0.2) is 19.4 Å². The van der Waals surface area contributed by atoms with Gasteiger partial charge in [0.1, 0.15) is 11.6 Å². The van der Waals surface area contributed by atoms with Crippen LogP contribution in [0.25, 0.3) is 0 Å². The smallest absolute Gasteiger partial charge is 0.195 e. The number of nitrogens with one attached hydrogen (secondary N) is 1. The van der Waals surface area contributed by atoms with Crippen molar-refractivity contribution in [3.8, 4) is 5.75 Å². The molecule has 1 heterocycles. The summed E-state index contributed by atoms with van der Waals surface area (Å²) < 4.78 is 18.9. The van der Waals surface area contributed by atoms with E-state index in [1.54, 1.807) is 12.1 Å². The summed E-state index contributed by atoms with van der Waals surface area (Å²) in [7, 11) is 1.47. The number of hydrogen-bond donors (Lipinski definition) is 1. The maximum absolute atomic E-state index is 14.0. The van der Waals surface area contributed by atoms with Gasteiger partial charge in [0, 0.05) is 23.9 Å². The van der Waals surface area contributed by atoms with Crippen molar-refractivity contribution in [2.45, 2.75) is 12.8 Å². The van der Waals surface area contributed by atoms with Crippen molar-refractivity contribution in [2.24, 2.45) is 0 Å². The molecule has 0 amide bonds. The van der Waals surface area contributed by atoms with E-state index in [9.17, 15) is 9.18 Å². The standard InChI is InChI=1S/C17H16FNO2/c1-21-13-5-6-14(15(18)10-13)17(20)12-4-7-16-11(9-12)3-2-8-19-16/h4-7,9-10,19H,2-3,8H2,1H3. The minimum Gasteiger partial charge on any atom is -0.497 e.